The summed E-state index contributed by atoms with van der Waals surface area (Å²) < 4.78 is 3.77. The van der Waals surface area contributed by atoms with Crippen LogP contribution < -0.4 is 5.32 Å². The topological polar surface area (TPSA) is 64.7 Å². The molecule has 0 fully saturated rings. The first-order valence-corrected chi connectivity index (χ1v) is 10.8. The highest BCUT2D eigenvalue weighted by Crippen LogP contribution is 2.23. The van der Waals surface area contributed by atoms with E-state index in [1.54, 1.807) is 23.4 Å². The molecule has 0 unspecified atom stereocenters. The van der Waals surface area contributed by atoms with E-state index in [-0.39, 0.29) is 5.91 Å². The molecule has 5 rings (SSSR count). The Morgan fingerprint density at radius 2 is 1.55 bits per heavy atom. The van der Waals surface area contributed by atoms with E-state index < -0.39 is 0 Å². The predicted octanol–water partition coefficient (Wildman–Crippen LogP) is 4.71. The summed E-state index contributed by atoms with van der Waals surface area (Å²) in [6.45, 7) is 1.21. The van der Waals surface area contributed by atoms with Crippen molar-refractivity contribution in [3.05, 3.63) is 127 Å². The van der Waals surface area contributed by atoms with E-state index in [0.29, 0.717) is 17.8 Å². The van der Waals surface area contributed by atoms with Crippen molar-refractivity contribution in [3.63, 3.8) is 0 Å². The van der Waals surface area contributed by atoms with Gasteiger partial charge in [-0.2, -0.15) is 5.10 Å². The molecule has 1 N–H and O–H groups in total. The zero-order chi connectivity index (χ0) is 22.5. The predicted molar refractivity (Wildman–Crippen MR) is 128 cm³/mol. The van der Waals surface area contributed by atoms with E-state index in [1.165, 1.54) is 5.56 Å². The molecule has 6 heteroatoms. The SMILES string of the molecule is O=C(NCc1ccc(Cn2ccnc2)cc1)c1cn(-c2ccccc2)nc1-c1ccccc1. The number of benzene rings is 3. The minimum absolute atomic E-state index is 0.154. The number of carbonyl (C=O) groups is 1. The molecule has 0 spiro atoms. The second kappa shape index (κ2) is 9.36. The molecule has 0 saturated carbocycles. The molecular weight excluding hydrogens is 410 g/mol. The molecule has 162 valence electrons. The van der Waals surface area contributed by atoms with E-state index >= 15 is 0 Å². The van der Waals surface area contributed by atoms with Crippen molar-refractivity contribution in [2.45, 2.75) is 13.1 Å². The van der Waals surface area contributed by atoms with Gasteiger partial charge in [-0.3, -0.25) is 4.79 Å². The lowest BCUT2D eigenvalue weighted by molar-refractivity contribution is 0.0951. The van der Waals surface area contributed by atoms with Gasteiger partial charge < -0.3 is 9.88 Å². The molecule has 0 aliphatic carbocycles. The monoisotopic (exact) mass is 433 g/mol. The lowest BCUT2D eigenvalue weighted by Crippen LogP contribution is -2.23. The number of hydrogen-bond donors (Lipinski definition) is 1. The standard InChI is InChI=1S/C27H23N5O/c33-27(29-17-21-11-13-22(14-12-21)18-31-16-15-28-20-31)25-19-32(24-9-5-2-6-10-24)30-26(25)23-7-3-1-4-8-23/h1-16,19-20H,17-18H2,(H,29,33). The van der Waals surface area contributed by atoms with E-state index in [2.05, 4.69) is 22.4 Å². The van der Waals surface area contributed by atoms with Crippen LogP contribution in [0.1, 0.15) is 21.5 Å². The van der Waals surface area contributed by atoms with Gasteiger partial charge in [0.1, 0.15) is 5.69 Å². The number of nitrogens with one attached hydrogen (secondary N) is 1. The van der Waals surface area contributed by atoms with Crippen LogP contribution in [0.15, 0.2) is 110 Å². The lowest BCUT2D eigenvalue weighted by atomic mass is 10.1. The van der Waals surface area contributed by atoms with Gasteiger partial charge in [-0.1, -0.05) is 72.8 Å². The van der Waals surface area contributed by atoms with Gasteiger partial charge in [0.05, 0.1) is 17.6 Å². The van der Waals surface area contributed by atoms with E-state index in [1.807, 2.05) is 83.6 Å². The number of aromatic nitrogens is 4. The Morgan fingerprint density at radius 1 is 0.848 bits per heavy atom. The van der Waals surface area contributed by atoms with Crippen LogP contribution in [0.25, 0.3) is 16.9 Å². The van der Waals surface area contributed by atoms with Crippen molar-refractivity contribution >= 4 is 5.91 Å². The van der Waals surface area contributed by atoms with E-state index in [9.17, 15) is 4.79 Å². The summed E-state index contributed by atoms with van der Waals surface area (Å²) in [5.74, 6) is -0.154. The molecule has 0 saturated heterocycles. The normalized spacial score (nSPS) is 10.8. The first-order chi connectivity index (χ1) is 16.3. The van der Waals surface area contributed by atoms with Crippen molar-refractivity contribution in [2.75, 3.05) is 0 Å². The fourth-order valence-corrected chi connectivity index (χ4v) is 3.69. The number of hydrogen-bond acceptors (Lipinski definition) is 3. The summed E-state index contributed by atoms with van der Waals surface area (Å²) >= 11 is 0. The van der Waals surface area contributed by atoms with Crippen LogP contribution in [0.5, 0.6) is 0 Å². The van der Waals surface area contributed by atoms with E-state index in [4.69, 9.17) is 5.10 Å². The highest BCUT2D eigenvalue weighted by molar-refractivity contribution is 5.99. The minimum Gasteiger partial charge on any atom is -0.348 e. The Morgan fingerprint density at radius 3 is 2.24 bits per heavy atom. The van der Waals surface area contributed by atoms with Crippen molar-refractivity contribution in [3.8, 4) is 16.9 Å². The van der Waals surface area contributed by atoms with Crippen molar-refractivity contribution < 1.29 is 4.79 Å². The molecule has 3 aromatic carbocycles. The van der Waals surface area contributed by atoms with Crippen molar-refractivity contribution in [1.29, 1.82) is 0 Å². The Hall–Kier alpha value is -4.45. The quantitative estimate of drug-likeness (QED) is 0.404. The number of carbonyl (C=O) groups excluding carboxylic acids is 1. The second-order valence-electron chi connectivity index (χ2n) is 7.77. The van der Waals surface area contributed by atoms with Crippen LogP contribution in [0.3, 0.4) is 0 Å². The third kappa shape index (κ3) is 4.75. The second-order valence-corrected chi connectivity index (χ2v) is 7.77. The highest BCUT2D eigenvalue weighted by Gasteiger charge is 2.18. The molecule has 5 aromatic rings. The number of imidazole rings is 1. The maximum atomic E-state index is 13.2. The van der Waals surface area contributed by atoms with E-state index in [0.717, 1.165) is 23.4 Å². The van der Waals surface area contributed by atoms with Gasteiger partial charge in [0.25, 0.3) is 5.91 Å². The van der Waals surface area contributed by atoms with Crippen LogP contribution in [-0.2, 0) is 13.1 Å². The molecule has 0 aliphatic heterocycles. The van der Waals surface area contributed by atoms with Crippen molar-refractivity contribution in [1.82, 2.24) is 24.6 Å². The summed E-state index contributed by atoms with van der Waals surface area (Å²) in [4.78, 5) is 17.2. The maximum Gasteiger partial charge on any atom is 0.255 e. The largest absolute Gasteiger partial charge is 0.348 e. The first-order valence-electron chi connectivity index (χ1n) is 10.8. The summed E-state index contributed by atoms with van der Waals surface area (Å²) in [6, 6.07) is 27.8. The third-order valence-corrected chi connectivity index (χ3v) is 5.43. The van der Waals surface area contributed by atoms with Crippen LogP contribution in [0.4, 0.5) is 0 Å². The summed E-state index contributed by atoms with van der Waals surface area (Å²) in [7, 11) is 0. The molecule has 1 amide bonds. The fraction of sp³-hybridized carbons (Fsp3) is 0.0741. The van der Waals surface area contributed by atoms with Gasteiger partial charge in [-0.05, 0) is 23.3 Å². The third-order valence-electron chi connectivity index (χ3n) is 5.43. The van der Waals surface area contributed by atoms with Gasteiger partial charge in [-0.15, -0.1) is 0 Å². The van der Waals surface area contributed by atoms with Crippen LogP contribution >= 0.6 is 0 Å². The molecule has 0 aliphatic rings. The number of rotatable bonds is 7. The molecule has 0 radical (unpaired) electrons. The zero-order valence-electron chi connectivity index (χ0n) is 18.0. The average Bonchev–Trinajstić information content (AvgIpc) is 3.55. The lowest BCUT2D eigenvalue weighted by Gasteiger charge is -2.07. The first kappa shape index (κ1) is 20.5. The Balaban J connectivity index is 1.34. The van der Waals surface area contributed by atoms with Crippen LogP contribution in [0, 0.1) is 0 Å². The number of para-hydroxylation sites is 1. The van der Waals surface area contributed by atoms with Gasteiger partial charge in [0.15, 0.2) is 0 Å². The molecule has 2 aromatic heterocycles. The fourth-order valence-electron chi connectivity index (χ4n) is 3.69. The number of amides is 1. The Labute approximate surface area is 192 Å². The summed E-state index contributed by atoms with van der Waals surface area (Å²) in [5.41, 5.74) is 5.23. The van der Waals surface area contributed by atoms with Gasteiger partial charge >= 0.3 is 0 Å². The maximum absolute atomic E-state index is 13.2. The molecule has 0 bridgehead atoms. The van der Waals surface area contributed by atoms with Crippen LogP contribution in [-0.4, -0.2) is 25.2 Å². The zero-order valence-corrected chi connectivity index (χ0v) is 18.0. The van der Waals surface area contributed by atoms with Gasteiger partial charge in [0.2, 0.25) is 0 Å². The summed E-state index contributed by atoms with van der Waals surface area (Å²) in [5, 5.41) is 7.77. The molecule has 33 heavy (non-hydrogen) atoms. The Bertz CT molecular complexity index is 1320. The average molecular weight is 434 g/mol. The molecule has 0 atom stereocenters. The van der Waals surface area contributed by atoms with Gasteiger partial charge in [0, 0.05) is 37.2 Å². The molecule has 2 heterocycles. The molecular formula is C27H23N5O. The summed E-state index contributed by atoms with van der Waals surface area (Å²) in [6.07, 6.45) is 7.30. The number of nitrogens with zero attached hydrogens (tertiary/aromatic N) is 4. The molecule has 6 nitrogen and oxygen atoms in total. The van der Waals surface area contributed by atoms with Crippen LogP contribution in [0.2, 0.25) is 0 Å². The Kier molecular flexibility index (Phi) is 5.80. The highest BCUT2D eigenvalue weighted by atomic mass is 16.1. The van der Waals surface area contributed by atoms with Gasteiger partial charge in [-0.25, -0.2) is 9.67 Å². The van der Waals surface area contributed by atoms with Crippen molar-refractivity contribution in [2.24, 2.45) is 0 Å². The smallest absolute Gasteiger partial charge is 0.255 e. The minimum atomic E-state index is -0.154.